The first kappa shape index (κ1) is 16.1. The number of hydrazine groups is 1. The molecule has 2 atom stereocenters. The molecule has 0 aromatic heterocycles. The molecule has 1 saturated carbocycles. The number of hydrogen-bond donors (Lipinski definition) is 2. The lowest BCUT2D eigenvalue weighted by atomic mass is 9.65. The van der Waals surface area contributed by atoms with Gasteiger partial charge in [0, 0.05) is 5.56 Å². The third-order valence-corrected chi connectivity index (χ3v) is 4.94. The largest absolute Gasteiger partial charge is 0.497 e. The van der Waals surface area contributed by atoms with Crippen LogP contribution in [0.3, 0.4) is 0 Å². The monoisotopic (exact) mass is 292 g/mol. The Hall–Kier alpha value is -1.26. The van der Waals surface area contributed by atoms with Gasteiger partial charge >= 0.3 is 0 Å². The van der Waals surface area contributed by atoms with Crippen molar-refractivity contribution in [1.29, 1.82) is 0 Å². The van der Waals surface area contributed by atoms with Gasteiger partial charge < -0.3 is 9.47 Å². The fourth-order valence-corrected chi connectivity index (χ4v) is 3.64. The summed E-state index contributed by atoms with van der Waals surface area (Å²) < 4.78 is 10.9. The average molecular weight is 292 g/mol. The predicted molar refractivity (Wildman–Crippen MR) is 85.3 cm³/mol. The van der Waals surface area contributed by atoms with Crippen molar-refractivity contribution >= 4 is 0 Å². The van der Waals surface area contributed by atoms with Crippen molar-refractivity contribution in [3.63, 3.8) is 0 Å². The lowest BCUT2D eigenvalue weighted by Gasteiger charge is -2.43. The van der Waals surface area contributed by atoms with E-state index in [0.717, 1.165) is 17.1 Å². The predicted octanol–water partition coefficient (Wildman–Crippen LogP) is 3.42. The molecule has 0 aliphatic heterocycles. The van der Waals surface area contributed by atoms with Crippen molar-refractivity contribution in [2.45, 2.75) is 45.6 Å². The van der Waals surface area contributed by atoms with E-state index in [9.17, 15) is 0 Å². The van der Waals surface area contributed by atoms with Crippen LogP contribution in [-0.4, -0.2) is 14.2 Å². The maximum atomic E-state index is 5.93. The maximum Gasteiger partial charge on any atom is 0.123 e. The number of nitrogens with one attached hydrogen (secondary N) is 1. The van der Waals surface area contributed by atoms with Gasteiger partial charge in [-0.3, -0.25) is 11.3 Å². The van der Waals surface area contributed by atoms with Gasteiger partial charge in [-0.2, -0.15) is 0 Å². The molecule has 0 bridgehead atoms. The molecule has 4 nitrogen and oxygen atoms in total. The van der Waals surface area contributed by atoms with Crippen molar-refractivity contribution in [1.82, 2.24) is 5.43 Å². The summed E-state index contributed by atoms with van der Waals surface area (Å²) in [7, 11) is 3.38. The van der Waals surface area contributed by atoms with E-state index < -0.39 is 0 Å². The standard InChI is InChI=1S/C17H28N2O2/c1-17(2)10-6-5-7-14(17)16(19-18)13-11-12(20-3)8-9-15(13)21-4/h8-9,11,14,16,19H,5-7,10,18H2,1-4H3. The van der Waals surface area contributed by atoms with Crippen LogP contribution in [0.5, 0.6) is 11.5 Å². The smallest absolute Gasteiger partial charge is 0.123 e. The highest BCUT2D eigenvalue weighted by molar-refractivity contribution is 5.42. The summed E-state index contributed by atoms with van der Waals surface area (Å²) in [6.45, 7) is 4.68. The molecule has 0 amide bonds. The Kier molecular flexibility index (Phi) is 5.12. The van der Waals surface area contributed by atoms with Crippen LogP contribution in [0.2, 0.25) is 0 Å². The fourth-order valence-electron chi connectivity index (χ4n) is 3.64. The summed E-state index contributed by atoms with van der Waals surface area (Å²) in [5, 5.41) is 0. The second-order valence-corrected chi connectivity index (χ2v) is 6.59. The minimum Gasteiger partial charge on any atom is -0.497 e. The van der Waals surface area contributed by atoms with E-state index in [1.54, 1.807) is 14.2 Å². The molecular formula is C17H28N2O2. The van der Waals surface area contributed by atoms with Crippen LogP contribution in [0, 0.1) is 11.3 Å². The molecule has 3 N–H and O–H groups in total. The third kappa shape index (κ3) is 3.33. The Morgan fingerprint density at radius 3 is 2.57 bits per heavy atom. The Morgan fingerprint density at radius 1 is 1.24 bits per heavy atom. The van der Waals surface area contributed by atoms with E-state index in [0.29, 0.717) is 5.92 Å². The van der Waals surface area contributed by atoms with Crippen LogP contribution in [0.25, 0.3) is 0 Å². The van der Waals surface area contributed by atoms with Crippen molar-refractivity contribution in [3.8, 4) is 11.5 Å². The molecule has 1 aromatic rings. The number of rotatable bonds is 5. The van der Waals surface area contributed by atoms with Crippen molar-refractivity contribution in [2.75, 3.05) is 14.2 Å². The van der Waals surface area contributed by atoms with Gasteiger partial charge in [-0.1, -0.05) is 26.7 Å². The highest BCUT2D eigenvalue weighted by atomic mass is 16.5. The first-order valence-electron chi connectivity index (χ1n) is 7.71. The molecule has 1 aromatic carbocycles. The first-order valence-corrected chi connectivity index (χ1v) is 7.71. The zero-order valence-corrected chi connectivity index (χ0v) is 13.6. The Morgan fingerprint density at radius 2 is 2.00 bits per heavy atom. The maximum absolute atomic E-state index is 5.93. The van der Waals surface area contributed by atoms with Crippen LogP contribution in [0.4, 0.5) is 0 Å². The molecular weight excluding hydrogens is 264 g/mol. The lowest BCUT2D eigenvalue weighted by Crippen LogP contribution is -2.41. The second kappa shape index (κ2) is 6.67. The zero-order valence-electron chi connectivity index (χ0n) is 13.6. The van der Waals surface area contributed by atoms with Crippen LogP contribution in [0.1, 0.15) is 51.1 Å². The van der Waals surface area contributed by atoms with Crippen molar-refractivity contribution < 1.29 is 9.47 Å². The molecule has 0 heterocycles. The van der Waals surface area contributed by atoms with E-state index in [-0.39, 0.29) is 11.5 Å². The van der Waals surface area contributed by atoms with Crippen LogP contribution in [0.15, 0.2) is 18.2 Å². The third-order valence-electron chi connectivity index (χ3n) is 4.94. The number of nitrogens with two attached hydrogens (primary N) is 1. The van der Waals surface area contributed by atoms with Crippen molar-refractivity contribution in [3.05, 3.63) is 23.8 Å². The minimum absolute atomic E-state index is 0.0744. The van der Waals surface area contributed by atoms with E-state index in [1.165, 1.54) is 25.7 Å². The number of methoxy groups -OCH3 is 2. The molecule has 2 unspecified atom stereocenters. The molecule has 2 rings (SSSR count). The summed E-state index contributed by atoms with van der Waals surface area (Å²) >= 11 is 0. The van der Waals surface area contributed by atoms with Crippen LogP contribution >= 0.6 is 0 Å². The summed E-state index contributed by atoms with van der Waals surface area (Å²) in [5.74, 6) is 8.10. The normalized spacial score (nSPS) is 22.6. The van der Waals surface area contributed by atoms with Crippen LogP contribution in [-0.2, 0) is 0 Å². The minimum atomic E-state index is 0.0744. The average Bonchev–Trinajstić information content (AvgIpc) is 2.49. The van der Waals surface area contributed by atoms with Gasteiger partial charge in [-0.15, -0.1) is 0 Å². The molecule has 1 fully saturated rings. The van der Waals surface area contributed by atoms with E-state index in [1.807, 2.05) is 18.2 Å². The quantitative estimate of drug-likeness (QED) is 0.645. The lowest BCUT2D eigenvalue weighted by molar-refractivity contribution is 0.0971. The summed E-state index contributed by atoms with van der Waals surface area (Å²) in [4.78, 5) is 0. The molecule has 1 aliphatic carbocycles. The molecule has 0 saturated heterocycles. The molecule has 0 radical (unpaired) electrons. The number of hydrogen-bond acceptors (Lipinski definition) is 4. The van der Waals surface area contributed by atoms with Gasteiger partial charge in [-0.05, 0) is 42.4 Å². The topological polar surface area (TPSA) is 56.5 Å². The molecule has 4 heteroatoms. The summed E-state index contributed by atoms with van der Waals surface area (Å²) in [5.41, 5.74) is 4.38. The highest BCUT2D eigenvalue weighted by Gasteiger charge is 2.38. The van der Waals surface area contributed by atoms with Gasteiger partial charge in [0.1, 0.15) is 11.5 Å². The van der Waals surface area contributed by atoms with E-state index >= 15 is 0 Å². The fraction of sp³-hybridized carbons (Fsp3) is 0.647. The molecule has 21 heavy (non-hydrogen) atoms. The van der Waals surface area contributed by atoms with Gasteiger partial charge in [0.25, 0.3) is 0 Å². The molecule has 118 valence electrons. The number of benzene rings is 1. The summed E-state index contributed by atoms with van der Waals surface area (Å²) in [6.07, 6.45) is 4.99. The highest BCUT2D eigenvalue weighted by Crippen LogP contribution is 2.48. The van der Waals surface area contributed by atoms with E-state index in [2.05, 4.69) is 19.3 Å². The SMILES string of the molecule is COc1ccc(OC)c(C(NN)C2CCCCC2(C)C)c1. The second-order valence-electron chi connectivity index (χ2n) is 6.59. The molecule has 0 spiro atoms. The zero-order chi connectivity index (χ0) is 15.5. The number of ether oxygens (including phenoxy) is 2. The Labute approximate surface area is 128 Å². The van der Waals surface area contributed by atoms with Gasteiger partial charge in [-0.25, -0.2) is 0 Å². The first-order chi connectivity index (χ1) is 10.0. The van der Waals surface area contributed by atoms with Gasteiger partial charge in [0.05, 0.1) is 20.3 Å². The van der Waals surface area contributed by atoms with Gasteiger partial charge in [0.2, 0.25) is 0 Å². The van der Waals surface area contributed by atoms with Gasteiger partial charge in [0.15, 0.2) is 0 Å². The Balaban J connectivity index is 2.40. The molecule has 1 aliphatic rings. The van der Waals surface area contributed by atoms with Crippen molar-refractivity contribution in [2.24, 2.45) is 17.2 Å². The van der Waals surface area contributed by atoms with E-state index in [4.69, 9.17) is 15.3 Å². The Bertz CT molecular complexity index is 474. The van der Waals surface area contributed by atoms with Crippen LogP contribution < -0.4 is 20.7 Å². The summed E-state index contributed by atoms with van der Waals surface area (Å²) in [6, 6.07) is 5.98.